The molecule has 13 nitrogen and oxygen atoms in total. The number of carboxylic acids is 1. The summed E-state index contributed by atoms with van der Waals surface area (Å²) < 4.78 is 0. The van der Waals surface area contributed by atoms with Gasteiger partial charge in [-0.25, -0.2) is 0 Å². The van der Waals surface area contributed by atoms with Crippen molar-refractivity contribution in [2.45, 2.75) is 57.3 Å². The second-order valence-electron chi connectivity index (χ2n) is 10.4. The highest BCUT2D eigenvalue weighted by Gasteiger charge is 2.32. The Hall–Kier alpha value is -4.91. The molecule has 0 fully saturated rings. The first-order valence-corrected chi connectivity index (χ1v) is 13.4. The van der Waals surface area contributed by atoms with Crippen molar-refractivity contribution < 1.29 is 34.2 Å². The second-order valence-corrected chi connectivity index (χ2v) is 10.4. The molecule has 0 saturated carbocycles. The lowest BCUT2D eigenvalue weighted by atomic mass is 9.99. The third-order valence-corrected chi connectivity index (χ3v) is 6.74. The smallest absolute Gasteiger partial charge is 0.305 e. The number of amides is 4. The number of primary amides is 1. The van der Waals surface area contributed by atoms with Gasteiger partial charge in [-0.15, -0.1) is 0 Å². The lowest BCUT2D eigenvalue weighted by Gasteiger charge is -2.26. The topological polar surface area (TPSA) is 230 Å². The summed E-state index contributed by atoms with van der Waals surface area (Å²) in [5, 5.41) is 27.3. The zero-order valence-corrected chi connectivity index (χ0v) is 23.3. The molecule has 0 aliphatic rings. The third-order valence-electron chi connectivity index (χ3n) is 6.74. The first-order chi connectivity index (χ1) is 19.8. The van der Waals surface area contributed by atoms with Crippen molar-refractivity contribution in [2.75, 3.05) is 0 Å². The summed E-state index contributed by atoms with van der Waals surface area (Å²) in [7, 11) is 0. The molecule has 0 aliphatic carbocycles. The monoisotopic (exact) mass is 580 g/mol. The molecule has 42 heavy (non-hydrogen) atoms. The first-order valence-electron chi connectivity index (χ1n) is 13.4. The molecule has 0 bridgehead atoms. The standard InChI is InChI=1S/C29H36N6O7/c1-15(2)25(26(31)39)35-29(42)23(12-17-14-32-21-6-4-3-5-19(17)21)34-28(41)22(11-16-7-9-18(36)10-8-16)33-27(40)20(30)13-24(37)38/h3-10,14-15,20,22-23,25,32,36H,11-13,30H2,1-2H3,(H2,31,39)(H,33,40)(H,34,41)(H,35,42)(H,37,38)/t20-,22-,23+,25-/m0/s1. The fourth-order valence-corrected chi connectivity index (χ4v) is 4.46. The molecular formula is C29H36N6O7. The average molecular weight is 581 g/mol. The average Bonchev–Trinajstić information content (AvgIpc) is 3.33. The summed E-state index contributed by atoms with van der Waals surface area (Å²) >= 11 is 0. The largest absolute Gasteiger partial charge is 0.508 e. The van der Waals surface area contributed by atoms with E-state index in [0.29, 0.717) is 11.1 Å². The van der Waals surface area contributed by atoms with Crippen LogP contribution in [-0.2, 0) is 36.8 Å². The fraction of sp³-hybridized carbons (Fsp3) is 0.345. The molecule has 224 valence electrons. The lowest BCUT2D eigenvalue weighted by molar-refractivity contribution is -0.139. The third kappa shape index (κ3) is 8.54. The Morgan fingerprint density at radius 2 is 1.45 bits per heavy atom. The number of carboxylic acid groups (broad SMARTS) is 1. The minimum Gasteiger partial charge on any atom is -0.508 e. The van der Waals surface area contributed by atoms with Gasteiger partial charge in [0.05, 0.1) is 12.5 Å². The number of aromatic hydroxyl groups is 1. The summed E-state index contributed by atoms with van der Waals surface area (Å²) in [6.07, 6.45) is 1.03. The van der Waals surface area contributed by atoms with Crippen molar-refractivity contribution in [3.63, 3.8) is 0 Å². The van der Waals surface area contributed by atoms with E-state index < -0.39 is 60.2 Å². The molecule has 0 unspecified atom stereocenters. The van der Waals surface area contributed by atoms with E-state index in [1.807, 2.05) is 24.3 Å². The number of hydrogen-bond acceptors (Lipinski definition) is 7. The van der Waals surface area contributed by atoms with Gasteiger partial charge in [-0.2, -0.15) is 0 Å². The number of nitrogens with one attached hydrogen (secondary N) is 4. The molecule has 0 radical (unpaired) electrons. The van der Waals surface area contributed by atoms with E-state index in [9.17, 15) is 29.1 Å². The van der Waals surface area contributed by atoms with Gasteiger partial charge in [-0.05, 0) is 35.2 Å². The number of nitrogens with two attached hydrogens (primary N) is 2. The minimum atomic E-state index is -1.43. The molecule has 0 spiro atoms. The quantitative estimate of drug-likeness (QED) is 0.130. The Labute approximate surface area is 242 Å². The van der Waals surface area contributed by atoms with Crippen LogP contribution in [0, 0.1) is 5.92 Å². The Morgan fingerprint density at radius 1 is 0.857 bits per heavy atom. The Bertz CT molecular complexity index is 1440. The number of hydrogen-bond donors (Lipinski definition) is 8. The molecule has 0 aliphatic heterocycles. The number of aliphatic carboxylic acids is 1. The highest BCUT2D eigenvalue weighted by atomic mass is 16.4. The number of benzene rings is 2. The van der Waals surface area contributed by atoms with Crippen molar-refractivity contribution in [1.82, 2.24) is 20.9 Å². The first kappa shape index (κ1) is 31.6. The van der Waals surface area contributed by atoms with Crippen LogP contribution in [0.15, 0.2) is 54.7 Å². The highest BCUT2D eigenvalue weighted by Crippen LogP contribution is 2.20. The molecule has 2 aromatic carbocycles. The van der Waals surface area contributed by atoms with Crippen LogP contribution in [0.4, 0.5) is 0 Å². The number of carbonyl (C=O) groups is 5. The van der Waals surface area contributed by atoms with Crippen molar-refractivity contribution in [1.29, 1.82) is 0 Å². The lowest BCUT2D eigenvalue weighted by Crippen LogP contribution is -2.59. The molecule has 13 heteroatoms. The van der Waals surface area contributed by atoms with Gasteiger partial charge in [0.25, 0.3) is 0 Å². The summed E-state index contributed by atoms with van der Waals surface area (Å²) in [5.41, 5.74) is 13.3. The maximum absolute atomic E-state index is 13.6. The summed E-state index contributed by atoms with van der Waals surface area (Å²) in [6, 6.07) is 8.43. The van der Waals surface area contributed by atoms with E-state index in [2.05, 4.69) is 20.9 Å². The van der Waals surface area contributed by atoms with E-state index in [1.165, 1.54) is 12.1 Å². The van der Waals surface area contributed by atoms with E-state index in [-0.39, 0.29) is 24.5 Å². The predicted molar refractivity (Wildman–Crippen MR) is 154 cm³/mol. The van der Waals surface area contributed by atoms with E-state index in [1.54, 1.807) is 32.2 Å². The van der Waals surface area contributed by atoms with E-state index in [0.717, 1.165) is 10.9 Å². The number of phenolic OH excluding ortho intramolecular Hbond substituents is 1. The van der Waals surface area contributed by atoms with Gasteiger partial charge in [0, 0.05) is 29.9 Å². The van der Waals surface area contributed by atoms with Crippen molar-refractivity contribution in [2.24, 2.45) is 17.4 Å². The number of aromatic amines is 1. The van der Waals surface area contributed by atoms with Gasteiger partial charge in [0.15, 0.2) is 0 Å². The van der Waals surface area contributed by atoms with Gasteiger partial charge < -0.3 is 42.6 Å². The Balaban J connectivity index is 1.91. The molecule has 1 heterocycles. The van der Waals surface area contributed by atoms with Crippen molar-refractivity contribution >= 4 is 40.5 Å². The number of aromatic nitrogens is 1. The molecular weight excluding hydrogens is 544 g/mol. The predicted octanol–water partition coefficient (Wildman–Crippen LogP) is 0.0564. The molecule has 4 atom stereocenters. The van der Waals surface area contributed by atoms with Gasteiger partial charge in [-0.1, -0.05) is 44.2 Å². The summed E-state index contributed by atoms with van der Waals surface area (Å²) in [5.74, 6) is -4.64. The highest BCUT2D eigenvalue weighted by molar-refractivity contribution is 5.96. The van der Waals surface area contributed by atoms with Gasteiger partial charge in [0.1, 0.15) is 23.9 Å². The van der Waals surface area contributed by atoms with Crippen LogP contribution < -0.4 is 27.4 Å². The second kappa shape index (κ2) is 14.1. The number of para-hydroxylation sites is 1. The normalized spacial score (nSPS) is 14.0. The molecule has 3 aromatic rings. The molecule has 3 rings (SSSR count). The van der Waals surface area contributed by atoms with Gasteiger partial charge >= 0.3 is 5.97 Å². The van der Waals surface area contributed by atoms with Crippen LogP contribution in [-0.4, -0.2) is 69.0 Å². The number of carbonyl (C=O) groups excluding carboxylic acids is 4. The number of fused-ring (bicyclic) bond motifs is 1. The van der Waals surface area contributed by atoms with Gasteiger partial charge in [-0.3, -0.25) is 24.0 Å². The van der Waals surface area contributed by atoms with Crippen LogP contribution in [0.2, 0.25) is 0 Å². The maximum Gasteiger partial charge on any atom is 0.305 e. The molecule has 0 saturated heterocycles. The summed E-state index contributed by atoms with van der Waals surface area (Å²) in [6.45, 7) is 3.43. The molecule has 10 N–H and O–H groups in total. The fourth-order valence-electron chi connectivity index (χ4n) is 4.46. The number of H-pyrrole nitrogens is 1. The van der Waals surface area contributed by atoms with Crippen LogP contribution in [0.3, 0.4) is 0 Å². The summed E-state index contributed by atoms with van der Waals surface area (Å²) in [4.78, 5) is 66.0. The number of phenols is 1. The molecule has 1 aromatic heterocycles. The SMILES string of the molecule is CC(C)[C@H](NC(=O)[C@@H](Cc1c[nH]c2ccccc12)NC(=O)[C@H](Cc1ccc(O)cc1)NC(=O)[C@@H](N)CC(=O)O)C(N)=O. The Morgan fingerprint density at radius 3 is 2.07 bits per heavy atom. The minimum absolute atomic E-state index is 0.00288. The van der Waals surface area contributed by atoms with Crippen LogP contribution in [0.25, 0.3) is 10.9 Å². The van der Waals surface area contributed by atoms with Crippen LogP contribution >= 0.6 is 0 Å². The van der Waals surface area contributed by atoms with Crippen LogP contribution in [0.5, 0.6) is 5.75 Å². The Kier molecular flexibility index (Phi) is 10.6. The van der Waals surface area contributed by atoms with Gasteiger partial charge in [0.2, 0.25) is 23.6 Å². The van der Waals surface area contributed by atoms with Crippen molar-refractivity contribution in [3.05, 3.63) is 65.9 Å². The zero-order chi connectivity index (χ0) is 31.0. The van der Waals surface area contributed by atoms with Crippen LogP contribution in [0.1, 0.15) is 31.4 Å². The van der Waals surface area contributed by atoms with Crippen molar-refractivity contribution in [3.8, 4) is 5.75 Å². The molecule has 4 amide bonds. The zero-order valence-electron chi connectivity index (χ0n) is 23.3. The van der Waals surface area contributed by atoms with E-state index in [4.69, 9.17) is 16.6 Å². The maximum atomic E-state index is 13.6. The van der Waals surface area contributed by atoms with E-state index >= 15 is 0 Å². The number of rotatable bonds is 14.